The third kappa shape index (κ3) is 4.33. The number of nitrogens with one attached hydrogen (secondary N) is 1. The van der Waals surface area contributed by atoms with Crippen molar-refractivity contribution < 1.29 is 9.59 Å². The molecular weight excluding hydrogens is 309 g/mol. The minimum absolute atomic E-state index is 0.211. The summed E-state index contributed by atoms with van der Waals surface area (Å²) in [5, 5.41) is 2.90. The molecule has 1 aromatic rings. The topological polar surface area (TPSA) is 98.2 Å². The molecule has 2 amide bonds. The van der Waals surface area contributed by atoms with E-state index >= 15 is 0 Å². The molecule has 5 N–H and O–H groups in total. The van der Waals surface area contributed by atoms with Crippen LogP contribution in [0.25, 0.3) is 0 Å². The van der Waals surface area contributed by atoms with Crippen molar-refractivity contribution in [3.63, 3.8) is 0 Å². The molecule has 0 aliphatic heterocycles. The Morgan fingerprint density at radius 1 is 1.47 bits per heavy atom. The maximum atomic E-state index is 11.6. The summed E-state index contributed by atoms with van der Waals surface area (Å²) in [5.41, 5.74) is 10.9. The molecule has 0 saturated carbocycles. The van der Waals surface area contributed by atoms with Gasteiger partial charge in [0, 0.05) is 4.47 Å². The van der Waals surface area contributed by atoms with Crippen molar-refractivity contribution in [3.05, 3.63) is 27.7 Å². The van der Waals surface area contributed by atoms with Gasteiger partial charge in [-0.25, -0.2) is 0 Å². The third-order valence-electron chi connectivity index (χ3n) is 1.94. The lowest BCUT2D eigenvalue weighted by atomic mass is 10.2. The molecule has 0 fully saturated rings. The first kappa shape index (κ1) is 14.0. The summed E-state index contributed by atoms with van der Waals surface area (Å²) < 4.78 is 0.765. The number of halogens is 2. The van der Waals surface area contributed by atoms with E-state index < -0.39 is 17.9 Å². The lowest BCUT2D eigenvalue weighted by molar-refractivity contribution is -0.123. The maximum absolute atomic E-state index is 11.6. The Hall–Kier alpha value is -1.11. The molecule has 1 aromatic carbocycles. The van der Waals surface area contributed by atoms with E-state index in [0.717, 1.165) is 4.47 Å². The number of hydrogen-bond acceptors (Lipinski definition) is 3. The largest absolute Gasteiger partial charge is 0.370 e. The second-order valence-corrected chi connectivity index (χ2v) is 4.71. The molecule has 0 spiro atoms. The van der Waals surface area contributed by atoms with Gasteiger partial charge in [-0.1, -0.05) is 27.5 Å². The molecule has 17 heavy (non-hydrogen) atoms. The van der Waals surface area contributed by atoms with Crippen LogP contribution >= 0.6 is 27.5 Å². The Kier molecular flexibility index (Phi) is 4.92. The van der Waals surface area contributed by atoms with Crippen LogP contribution in [-0.2, 0) is 9.59 Å². The summed E-state index contributed by atoms with van der Waals surface area (Å²) in [4.78, 5) is 22.2. The summed E-state index contributed by atoms with van der Waals surface area (Å²) in [7, 11) is 0. The van der Waals surface area contributed by atoms with Crippen molar-refractivity contribution in [3.8, 4) is 0 Å². The van der Waals surface area contributed by atoms with Gasteiger partial charge in [0.2, 0.25) is 11.8 Å². The molecule has 92 valence electrons. The predicted octanol–water partition coefficient (Wildman–Crippen LogP) is 1.24. The van der Waals surface area contributed by atoms with Crippen molar-refractivity contribution in [1.82, 2.24) is 0 Å². The van der Waals surface area contributed by atoms with Gasteiger partial charge >= 0.3 is 0 Å². The van der Waals surface area contributed by atoms with E-state index in [-0.39, 0.29) is 6.42 Å². The fourth-order valence-corrected chi connectivity index (χ4v) is 1.65. The zero-order valence-corrected chi connectivity index (χ0v) is 11.1. The fraction of sp³-hybridized carbons (Fsp3) is 0.200. The van der Waals surface area contributed by atoms with Gasteiger partial charge in [-0.2, -0.15) is 0 Å². The number of rotatable bonds is 4. The van der Waals surface area contributed by atoms with Gasteiger partial charge in [0.05, 0.1) is 23.2 Å². The van der Waals surface area contributed by atoms with Crippen LogP contribution in [0.4, 0.5) is 5.69 Å². The van der Waals surface area contributed by atoms with Crippen molar-refractivity contribution >= 4 is 45.0 Å². The molecule has 7 heteroatoms. The molecule has 0 saturated heterocycles. The fourth-order valence-electron chi connectivity index (χ4n) is 1.13. The second-order valence-electron chi connectivity index (χ2n) is 3.39. The number of nitrogens with two attached hydrogens (primary N) is 2. The zero-order valence-electron chi connectivity index (χ0n) is 8.74. The summed E-state index contributed by atoms with van der Waals surface area (Å²) in [5.74, 6) is -1.14. The number of hydrogen-bond donors (Lipinski definition) is 3. The average molecular weight is 321 g/mol. The van der Waals surface area contributed by atoms with Crippen LogP contribution in [0.2, 0.25) is 5.02 Å². The zero-order chi connectivity index (χ0) is 13.0. The number of anilines is 1. The van der Waals surface area contributed by atoms with Crippen LogP contribution in [0.3, 0.4) is 0 Å². The summed E-state index contributed by atoms with van der Waals surface area (Å²) in [6.07, 6.45) is -0.211. The first-order valence-corrected chi connectivity index (χ1v) is 5.87. The number of primary amides is 1. The maximum Gasteiger partial charge on any atom is 0.241 e. The number of carbonyl (C=O) groups is 2. The highest BCUT2D eigenvalue weighted by Gasteiger charge is 2.17. The second kappa shape index (κ2) is 6.00. The van der Waals surface area contributed by atoms with E-state index in [1.54, 1.807) is 18.2 Å². The molecule has 1 unspecified atom stereocenters. The molecule has 0 aromatic heterocycles. The highest BCUT2D eigenvalue weighted by atomic mass is 79.9. The van der Waals surface area contributed by atoms with Gasteiger partial charge in [0.15, 0.2) is 0 Å². The molecule has 0 aliphatic rings. The Morgan fingerprint density at radius 2 is 2.12 bits per heavy atom. The molecular formula is C10H11BrClN3O2. The van der Waals surface area contributed by atoms with Crippen molar-refractivity contribution in [2.75, 3.05) is 5.32 Å². The van der Waals surface area contributed by atoms with Gasteiger partial charge in [0.1, 0.15) is 0 Å². The monoisotopic (exact) mass is 319 g/mol. The quantitative estimate of drug-likeness (QED) is 0.778. The average Bonchev–Trinajstić information content (AvgIpc) is 2.22. The van der Waals surface area contributed by atoms with Gasteiger partial charge in [0.25, 0.3) is 0 Å². The van der Waals surface area contributed by atoms with Crippen LogP contribution in [0.1, 0.15) is 6.42 Å². The molecule has 0 bridgehead atoms. The molecule has 0 aliphatic carbocycles. The van der Waals surface area contributed by atoms with Gasteiger partial charge < -0.3 is 16.8 Å². The Balaban J connectivity index is 2.73. The lowest BCUT2D eigenvalue weighted by Crippen LogP contribution is -2.39. The summed E-state index contributed by atoms with van der Waals surface area (Å²) in [6.45, 7) is 0. The van der Waals surface area contributed by atoms with Crippen molar-refractivity contribution in [2.45, 2.75) is 12.5 Å². The van der Waals surface area contributed by atoms with E-state index in [1.807, 2.05) is 0 Å². The Labute approximate surface area is 112 Å². The van der Waals surface area contributed by atoms with E-state index in [4.69, 9.17) is 23.1 Å². The minimum Gasteiger partial charge on any atom is -0.370 e. The first-order chi connectivity index (χ1) is 7.90. The SMILES string of the molecule is NC(=O)CC(N)C(=O)Nc1cc(Br)ccc1Cl. The standard InChI is InChI=1S/C10H11BrClN3O2/c11-5-1-2-6(12)8(3-5)15-10(17)7(13)4-9(14)16/h1-3,7H,4,13H2,(H2,14,16)(H,15,17). The van der Waals surface area contributed by atoms with Crippen LogP contribution in [0, 0.1) is 0 Å². The van der Waals surface area contributed by atoms with E-state index in [1.165, 1.54) is 0 Å². The third-order valence-corrected chi connectivity index (χ3v) is 2.77. The highest BCUT2D eigenvalue weighted by molar-refractivity contribution is 9.10. The highest BCUT2D eigenvalue weighted by Crippen LogP contribution is 2.25. The number of carbonyl (C=O) groups excluding carboxylic acids is 2. The van der Waals surface area contributed by atoms with E-state index in [2.05, 4.69) is 21.2 Å². The smallest absolute Gasteiger partial charge is 0.241 e. The normalized spacial score (nSPS) is 11.9. The first-order valence-electron chi connectivity index (χ1n) is 4.70. The van der Waals surface area contributed by atoms with Gasteiger partial charge in [-0.15, -0.1) is 0 Å². The van der Waals surface area contributed by atoms with Gasteiger partial charge in [-0.05, 0) is 18.2 Å². The van der Waals surface area contributed by atoms with E-state index in [0.29, 0.717) is 10.7 Å². The predicted molar refractivity (Wildman–Crippen MR) is 69.6 cm³/mol. The Bertz CT molecular complexity index is 453. The summed E-state index contributed by atoms with van der Waals surface area (Å²) in [6, 6.07) is 4.02. The van der Waals surface area contributed by atoms with Crippen LogP contribution < -0.4 is 16.8 Å². The summed E-state index contributed by atoms with van der Waals surface area (Å²) >= 11 is 9.13. The van der Waals surface area contributed by atoms with Crippen LogP contribution in [-0.4, -0.2) is 17.9 Å². The van der Waals surface area contributed by atoms with E-state index in [9.17, 15) is 9.59 Å². The minimum atomic E-state index is -0.984. The van der Waals surface area contributed by atoms with Crippen molar-refractivity contribution in [1.29, 1.82) is 0 Å². The Morgan fingerprint density at radius 3 is 2.71 bits per heavy atom. The molecule has 1 atom stereocenters. The molecule has 0 heterocycles. The van der Waals surface area contributed by atoms with Gasteiger partial charge in [-0.3, -0.25) is 9.59 Å². The molecule has 1 rings (SSSR count). The molecule has 5 nitrogen and oxygen atoms in total. The van der Waals surface area contributed by atoms with Crippen LogP contribution in [0.5, 0.6) is 0 Å². The lowest BCUT2D eigenvalue weighted by Gasteiger charge is -2.11. The van der Waals surface area contributed by atoms with Crippen LogP contribution in [0.15, 0.2) is 22.7 Å². The number of amides is 2. The molecule has 0 radical (unpaired) electrons. The number of benzene rings is 1. The van der Waals surface area contributed by atoms with Crippen molar-refractivity contribution in [2.24, 2.45) is 11.5 Å².